The Morgan fingerprint density at radius 3 is 2.47 bits per heavy atom. The minimum Gasteiger partial charge on any atom is -0.396 e. The highest BCUT2D eigenvalue weighted by Gasteiger charge is 2.18. The van der Waals surface area contributed by atoms with Crippen molar-refractivity contribution in [2.45, 2.75) is 33.2 Å². The van der Waals surface area contributed by atoms with Crippen LogP contribution in [0.25, 0.3) is 11.5 Å². The minimum absolute atomic E-state index is 0.308. The summed E-state index contributed by atoms with van der Waals surface area (Å²) in [5, 5.41) is 12.8. The van der Waals surface area contributed by atoms with Crippen molar-refractivity contribution in [3.8, 4) is 11.5 Å². The molecule has 0 aliphatic carbocycles. The van der Waals surface area contributed by atoms with Gasteiger partial charge >= 0.3 is 0 Å². The molecular weight excluding hydrogens is 374 g/mol. The number of aryl methyl sites for hydroxylation is 1. The first kappa shape index (κ1) is 20.3. The van der Waals surface area contributed by atoms with Crippen LogP contribution < -0.4 is 10.2 Å². The number of hydrogen-bond acceptors (Lipinski definition) is 6. The molecule has 6 heteroatoms. The molecule has 4 rings (SSSR count). The molecule has 1 aliphatic rings. The van der Waals surface area contributed by atoms with Gasteiger partial charge in [-0.2, -0.15) is 0 Å². The van der Waals surface area contributed by atoms with E-state index in [0.29, 0.717) is 24.9 Å². The van der Waals surface area contributed by atoms with Crippen LogP contribution in [0.3, 0.4) is 0 Å². The van der Waals surface area contributed by atoms with Crippen molar-refractivity contribution >= 4 is 11.5 Å². The van der Waals surface area contributed by atoms with E-state index in [1.807, 2.05) is 32.0 Å². The van der Waals surface area contributed by atoms with Crippen molar-refractivity contribution < 1.29 is 5.11 Å². The number of aliphatic hydroxyl groups is 1. The van der Waals surface area contributed by atoms with Crippen LogP contribution in [0.5, 0.6) is 0 Å². The fraction of sp³-hybridized carbons (Fsp3) is 0.375. The second kappa shape index (κ2) is 9.22. The van der Waals surface area contributed by atoms with Gasteiger partial charge in [-0.05, 0) is 62.4 Å². The van der Waals surface area contributed by atoms with Crippen LogP contribution in [0.1, 0.15) is 29.7 Å². The zero-order valence-corrected chi connectivity index (χ0v) is 17.7. The van der Waals surface area contributed by atoms with Crippen molar-refractivity contribution in [1.82, 2.24) is 15.0 Å². The van der Waals surface area contributed by atoms with E-state index in [2.05, 4.69) is 44.5 Å². The van der Waals surface area contributed by atoms with Crippen molar-refractivity contribution in [2.24, 2.45) is 5.92 Å². The summed E-state index contributed by atoms with van der Waals surface area (Å²) in [4.78, 5) is 16.1. The lowest BCUT2D eigenvalue weighted by Crippen LogP contribution is -2.34. The standard InChI is InChI=1S/C24H29N5O/c1-17-18(2)27-24(22-5-3-4-12-25-22)28-23(17)26-15-19-6-8-21(9-7-19)29-13-10-20(16-30)11-14-29/h3-9,12,20,30H,10-11,13-16H2,1-2H3,(H,26,27,28). The quantitative estimate of drug-likeness (QED) is 0.649. The predicted molar refractivity (Wildman–Crippen MR) is 121 cm³/mol. The number of rotatable bonds is 6. The Hall–Kier alpha value is -2.99. The number of aliphatic hydroxyl groups excluding tert-OH is 1. The van der Waals surface area contributed by atoms with Gasteiger partial charge in [0.05, 0.1) is 0 Å². The normalized spacial score (nSPS) is 14.7. The van der Waals surface area contributed by atoms with Crippen LogP contribution in [0, 0.1) is 19.8 Å². The van der Waals surface area contributed by atoms with E-state index in [1.54, 1.807) is 6.20 Å². The molecule has 0 atom stereocenters. The lowest BCUT2D eigenvalue weighted by Gasteiger charge is -2.33. The largest absolute Gasteiger partial charge is 0.396 e. The van der Waals surface area contributed by atoms with E-state index in [-0.39, 0.29) is 0 Å². The maximum atomic E-state index is 9.32. The van der Waals surface area contributed by atoms with Gasteiger partial charge in [0.2, 0.25) is 0 Å². The molecule has 2 aromatic heterocycles. The van der Waals surface area contributed by atoms with Crippen molar-refractivity contribution in [3.05, 3.63) is 65.5 Å². The van der Waals surface area contributed by atoms with E-state index >= 15 is 0 Å². The van der Waals surface area contributed by atoms with Gasteiger partial charge in [-0.25, -0.2) is 9.97 Å². The molecular formula is C24H29N5O. The second-order valence-corrected chi connectivity index (χ2v) is 7.95. The molecule has 1 saturated heterocycles. The third-order valence-corrected chi connectivity index (χ3v) is 5.92. The Bertz CT molecular complexity index is 967. The third kappa shape index (κ3) is 4.60. The van der Waals surface area contributed by atoms with Gasteiger partial charge in [0.1, 0.15) is 11.5 Å². The number of piperidine rings is 1. The smallest absolute Gasteiger partial charge is 0.180 e. The number of aromatic nitrogens is 3. The zero-order valence-electron chi connectivity index (χ0n) is 17.7. The van der Waals surface area contributed by atoms with Crippen molar-refractivity contribution in [2.75, 3.05) is 29.9 Å². The summed E-state index contributed by atoms with van der Waals surface area (Å²) in [6, 6.07) is 14.5. The van der Waals surface area contributed by atoms with Crippen molar-refractivity contribution in [3.63, 3.8) is 0 Å². The van der Waals surface area contributed by atoms with Gasteiger partial charge in [-0.15, -0.1) is 0 Å². The Balaban J connectivity index is 1.43. The van der Waals surface area contributed by atoms with Crippen LogP contribution >= 0.6 is 0 Å². The van der Waals surface area contributed by atoms with E-state index in [1.165, 1.54) is 11.3 Å². The minimum atomic E-state index is 0.308. The van der Waals surface area contributed by atoms with Gasteiger partial charge in [0.15, 0.2) is 5.82 Å². The Labute approximate surface area is 178 Å². The predicted octanol–water partition coefficient (Wildman–Crippen LogP) is 3.98. The van der Waals surface area contributed by atoms with Gasteiger partial charge < -0.3 is 15.3 Å². The first-order valence-corrected chi connectivity index (χ1v) is 10.6. The van der Waals surface area contributed by atoms with Gasteiger partial charge in [0.25, 0.3) is 0 Å². The zero-order chi connectivity index (χ0) is 20.9. The number of hydrogen-bond donors (Lipinski definition) is 2. The Morgan fingerprint density at radius 2 is 1.80 bits per heavy atom. The molecule has 3 aromatic rings. The summed E-state index contributed by atoms with van der Waals surface area (Å²) >= 11 is 0. The van der Waals surface area contributed by atoms with E-state index in [4.69, 9.17) is 4.98 Å². The molecule has 30 heavy (non-hydrogen) atoms. The molecule has 0 bridgehead atoms. The second-order valence-electron chi connectivity index (χ2n) is 7.95. The van der Waals surface area contributed by atoms with Crippen LogP contribution in [-0.4, -0.2) is 39.8 Å². The maximum absolute atomic E-state index is 9.32. The Morgan fingerprint density at radius 1 is 1.03 bits per heavy atom. The molecule has 6 nitrogen and oxygen atoms in total. The molecule has 0 radical (unpaired) electrons. The van der Waals surface area contributed by atoms with Crippen LogP contribution in [-0.2, 0) is 6.54 Å². The number of benzene rings is 1. The number of nitrogens with one attached hydrogen (secondary N) is 1. The third-order valence-electron chi connectivity index (χ3n) is 5.92. The SMILES string of the molecule is Cc1nc(-c2ccccn2)nc(NCc2ccc(N3CCC(CO)CC3)cc2)c1C. The summed E-state index contributed by atoms with van der Waals surface area (Å²) in [5.74, 6) is 1.95. The lowest BCUT2D eigenvalue weighted by molar-refractivity contribution is 0.203. The number of anilines is 2. The monoisotopic (exact) mass is 403 g/mol. The topological polar surface area (TPSA) is 74.2 Å². The highest BCUT2D eigenvalue weighted by molar-refractivity contribution is 5.56. The molecule has 0 spiro atoms. The molecule has 2 N–H and O–H groups in total. The molecule has 1 aromatic carbocycles. The van der Waals surface area contributed by atoms with Gasteiger partial charge in [0, 0.05) is 49.4 Å². The first-order valence-electron chi connectivity index (χ1n) is 10.6. The van der Waals surface area contributed by atoms with E-state index < -0.39 is 0 Å². The molecule has 3 heterocycles. The average molecular weight is 404 g/mol. The average Bonchev–Trinajstić information content (AvgIpc) is 2.81. The molecule has 156 valence electrons. The highest BCUT2D eigenvalue weighted by Crippen LogP contribution is 2.24. The summed E-state index contributed by atoms with van der Waals surface area (Å²) in [7, 11) is 0. The fourth-order valence-corrected chi connectivity index (χ4v) is 3.79. The summed E-state index contributed by atoms with van der Waals surface area (Å²) in [6.45, 7) is 7.08. The summed E-state index contributed by atoms with van der Waals surface area (Å²) < 4.78 is 0. The summed E-state index contributed by atoms with van der Waals surface area (Å²) in [6.07, 6.45) is 3.88. The number of pyridine rings is 1. The Kier molecular flexibility index (Phi) is 6.23. The van der Waals surface area contributed by atoms with E-state index in [0.717, 1.165) is 48.7 Å². The maximum Gasteiger partial charge on any atom is 0.180 e. The first-order chi connectivity index (χ1) is 14.6. The molecule has 0 amide bonds. The van der Waals surface area contributed by atoms with Gasteiger partial charge in [-0.1, -0.05) is 18.2 Å². The van der Waals surface area contributed by atoms with Crippen LogP contribution in [0.4, 0.5) is 11.5 Å². The lowest BCUT2D eigenvalue weighted by atomic mass is 9.97. The summed E-state index contributed by atoms with van der Waals surface area (Å²) in [5.41, 5.74) is 5.24. The highest BCUT2D eigenvalue weighted by atomic mass is 16.3. The fourth-order valence-electron chi connectivity index (χ4n) is 3.79. The molecule has 1 fully saturated rings. The van der Waals surface area contributed by atoms with E-state index in [9.17, 15) is 5.11 Å². The van der Waals surface area contributed by atoms with Gasteiger partial charge in [-0.3, -0.25) is 4.98 Å². The molecule has 1 aliphatic heterocycles. The van der Waals surface area contributed by atoms with Crippen molar-refractivity contribution in [1.29, 1.82) is 0 Å². The number of nitrogens with zero attached hydrogens (tertiary/aromatic N) is 4. The molecule has 0 unspecified atom stereocenters. The molecule has 0 saturated carbocycles. The van der Waals surface area contributed by atoms with Crippen LogP contribution in [0.2, 0.25) is 0 Å². The van der Waals surface area contributed by atoms with Crippen LogP contribution in [0.15, 0.2) is 48.7 Å².